The van der Waals surface area contributed by atoms with Crippen molar-refractivity contribution in [1.82, 2.24) is 0 Å². The lowest BCUT2D eigenvalue weighted by atomic mass is 9.67. The lowest BCUT2D eigenvalue weighted by Gasteiger charge is -2.38. The molecule has 1 aromatic heterocycles. The summed E-state index contributed by atoms with van der Waals surface area (Å²) in [5.41, 5.74) is 1.97. The van der Waals surface area contributed by atoms with Crippen LogP contribution in [0.3, 0.4) is 0 Å². The minimum Gasteiger partial charge on any atom is -0.474 e. The standard InChI is InChI=1S/C33H38O3S2Si/c1-32(2,3)39(4,5)30-25-19-33(27-18-12-17-24(26(25)21-35-30)29(27)36-31(33)34)20-28(37-22-13-8-6-9-14-22)38-23-15-10-7-11-16-23/h6-17,21,24,27-29H,18-20H2,1-5H3/t24-,27-,29+,33+/m0/s1. The van der Waals surface area contributed by atoms with Crippen LogP contribution in [0, 0.1) is 11.3 Å². The van der Waals surface area contributed by atoms with E-state index in [0.717, 1.165) is 12.8 Å². The quantitative estimate of drug-likeness (QED) is 0.0931. The number of hydrogen-bond acceptors (Lipinski definition) is 5. The maximum absolute atomic E-state index is 14.1. The summed E-state index contributed by atoms with van der Waals surface area (Å²) in [7, 11) is -1.97. The third-order valence-electron chi connectivity index (χ3n) is 9.62. The Hall–Kier alpha value is -2.15. The second-order valence-electron chi connectivity index (χ2n) is 12.9. The number of rotatable bonds is 7. The minimum absolute atomic E-state index is 0.00782. The lowest BCUT2D eigenvalue weighted by Crippen LogP contribution is -2.51. The molecule has 0 amide bonds. The Kier molecular flexibility index (Phi) is 6.96. The zero-order chi connectivity index (χ0) is 27.4. The van der Waals surface area contributed by atoms with Crippen molar-refractivity contribution in [2.75, 3.05) is 0 Å². The number of furan rings is 1. The Labute approximate surface area is 242 Å². The fraction of sp³-hybridized carbons (Fsp3) is 0.424. The van der Waals surface area contributed by atoms with Gasteiger partial charge in [0.05, 0.1) is 21.6 Å². The van der Waals surface area contributed by atoms with Crippen LogP contribution in [0.2, 0.25) is 18.1 Å². The van der Waals surface area contributed by atoms with Gasteiger partial charge in [-0.25, -0.2) is 0 Å². The van der Waals surface area contributed by atoms with Crippen molar-refractivity contribution < 1.29 is 13.9 Å². The van der Waals surface area contributed by atoms with E-state index in [2.05, 4.69) is 107 Å². The smallest absolute Gasteiger partial charge is 0.313 e. The first-order valence-corrected chi connectivity index (χ1v) is 18.8. The van der Waals surface area contributed by atoms with E-state index in [9.17, 15) is 4.79 Å². The zero-order valence-corrected chi connectivity index (χ0v) is 26.1. The molecule has 4 bridgehead atoms. The summed E-state index contributed by atoms with van der Waals surface area (Å²) in [6.45, 7) is 11.8. The molecule has 3 aliphatic rings. The van der Waals surface area contributed by atoms with Gasteiger partial charge in [0, 0.05) is 27.2 Å². The normalized spacial score (nSPS) is 25.9. The molecule has 1 saturated heterocycles. The van der Waals surface area contributed by atoms with Crippen molar-refractivity contribution in [3.05, 3.63) is 90.2 Å². The van der Waals surface area contributed by atoms with Gasteiger partial charge in [-0.2, -0.15) is 0 Å². The second kappa shape index (κ2) is 10.0. The van der Waals surface area contributed by atoms with Crippen LogP contribution in [0.1, 0.15) is 50.7 Å². The van der Waals surface area contributed by atoms with Gasteiger partial charge in [0.1, 0.15) is 14.2 Å². The van der Waals surface area contributed by atoms with Crippen LogP contribution in [-0.2, 0) is 16.0 Å². The molecule has 0 radical (unpaired) electrons. The summed E-state index contributed by atoms with van der Waals surface area (Å²) in [4.78, 5) is 16.6. The number of allylic oxidation sites excluding steroid dienone is 1. The Morgan fingerprint density at radius 3 is 2.21 bits per heavy atom. The molecular formula is C33H38O3S2Si. The Balaban J connectivity index is 1.44. The van der Waals surface area contributed by atoms with E-state index < -0.39 is 13.5 Å². The molecular weight excluding hydrogens is 537 g/mol. The topological polar surface area (TPSA) is 39.4 Å². The van der Waals surface area contributed by atoms with Crippen molar-refractivity contribution in [2.24, 2.45) is 11.3 Å². The maximum Gasteiger partial charge on any atom is 0.313 e. The summed E-state index contributed by atoms with van der Waals surface area (Å²) in [5, 5.41) is 1.31. The van der Waals surface area contributed by atoms with Crippen LogP contribution in [0.4, 0.5) is 0 Å². The molecule has 204 valence electrons. The average Bonchev–Trinajstić information content (AvgIpc) is 3.42. The van der Waals surface area contributed by atoms with Gasteiger partial charge in [-0.1, -0.05) is 82.4 Å². The number of hydrogen-bond donors (Lipinski definition) is 0. The van der Waals surface area contributed by atoms with E-state index in [-0.39, 0.29) is 33.5 Å². The Morgan fingerprint density at radius 2 is 1.62 bits per heavy atom. The molecule has 1 fully saturated rings. The molecule has 4 atom stereocenters. The number of carbonyl (C=O) groups excluding carboxylic acids is 1. The van der Waals surface area contributed by atoms with Crippen LogP contribution >= 0.6 is 23.5 Å². The fourth-order valence-electron chi connectivity index (χ4n) is 6.49. The molecule has 2 aliphatic carbocycles. The molecule has 6 heteroatoms. The predicted octanol–water partition coefficient (Wildman–Crippen LogP) is 8.42. The monoisotopic (exact) mass is 574 g/mol. The van der Waals surface area contributed by atoms with Crippen LogP contribution in [0.15, 0.2) is 93.3 Å². The van der Waals surface area contributed by atoms with Gasteiger partial charge in [-0.15, -0.1) is 23.5 Å². The molecule has 6 rings (SSSR count). The summed E-state index contributed by atoms with van der Waals surface area (Å²) in [5.74, 6) is 0.248. The largest absolute Gasteiger partial charge is 0.474 e. The van der Waals surface area contributed by atoms with Crippen LogP contribution in [0.5, 0.6) is 0 Å². The van der Waals surface area contributed by atoms with Crippen molar-refractivity contribution in [1.29, 1.82) is 0 Å². The summed E-state index contributed by atoms with van der Waals surface area (Å²) in [6, 6.07) is 21.2. The van der Waals surface area contributed by atoms with E-state index in [0.29, 0.717) is 6.42 Å². The summed E-state index contributed by atoms with van der Waals surface area (Å²) in [6.07, 6.45) is 8.81. The highest BCUT2D eigenvalue weighted by molar-refractivity contribution is 8.17. The fourth-order valence-corrected chi connectivity index (χ4v) is 11.4. The molecule has 39 heavy (non-hydrogen) atoms. The molecule has 0 N–H and O–H groups in total. The van der Waals surface area contributed by atoms with E-state index in [1.807, 2.05) is 29.8 Å². The molecule has 2 heterocycles. The number of ether oxygens (including phenoxy) is 1. The zero-order valence-electron chi connectivity index (χ0n) is 23.5. The first-order chi connectivity index (χ1) is 18.6. The molecule has 0 saturated carbocycles. The third-order valence-corrected chi connectivity index (χ3v) is 17.4. The van der Waals surface area contributed by atoms with Gasteiger partial charge in [0.25, 0.3) is 0 Å². The first kappa shape index (κ1) is 27.0. The van der Waals surface area contributed by atoms with Crippen molar-refractivity contribution >= 4 is 43.0 Å². The molecule has 2 aromatic carbocycles. The molecule has 0 unspecified atom stereocenters. The van der Waals surface area contributed by atoms with E-state index in [1.165, 1.54) is 26.3 Å². The summed E-state index contributed by atoms with van der Waals surface area (Å²) >= 11 is 3.74. The van der Waals surface area contributed by atoms with Crippen LogP contribution < -0.4 is 5.38 Å². The third kappa shape index (κ3) is 4.66. The SMILES string of the molecule is CC(C)(C)[Si](C)(C)c1occ2c1C[C@]1(CC(Sc3ccccc3)Sc3ccccc3)C(=O)O[C@@H]3[C@H]2C=CC[C@@H]31. The molecule has 0 spiro atoms. The van der Waals surface area contributed by atoms with Gasteiger partial charge < -0.3 is 9.15 Å². The molecule has 3 aromatic rings. The number of fused-ring (bicyclic) bond motifs is 2. The van der Waals surface area contributed by atoms with Crippen molar-refractivity contribution in [2.45, 2.75) is 84.6 Å². The number of thioether (sulfide) groups is 2. The van der Waals surface area contributed by atoms with Gasteiger partial charge in [-0.05, 0) is 54.1 Å². The van der Waals surface area contributed by atoms with Crippen LogP contribution in [-0.4, -0.2) is 24.7 Å². The number of benzene rings is 2. The van der Waals surface area contributed by atoms with Gasteiger partial charge >= 0.3 is 5.97 Å². The van der Waals surface area contributed by atoms with E-state index in [1.54, 1.807) is 0 Å². The van der Waals surface area contributed by atoms with Crippen molar-refractivity contribution in [3.8, 4) is 0 Å². The average molecular weight is 575 g/mol. The molecule has 1 aliphatic heterocycles. The van der Waals surface area contributed by atoms with Gasteiger partial charge in [0.15, 0.2) is 0 Å². The highest BCUT2D eigenvalue weighted by Gasteiger charge is 2.63. The molecule has 3 nitrogen and oxygen atoms in total. The second-order valence-corrected chi connectivity index (χ2v) is 20.9. The van der Waals surface area contributed by atoms with E-state index in [4.69, 9.17) is 9.15 Å². The minimum atomic E-state index is -1.97. The highest BCUT2D eigenvalue weighted by Crippen LogP contribution is 2.59. The maximum atomic E-state index is 14.1. The van der Waals surface area contributed by atoms with Crippen LogP contribution in [0.25, 0.3) is 0 Å². The Morgan fingerprint density at radius 1 is 1.00 bits per heavy atom. The first-order valence-electron chi connectivity index (χ1n) is 14.0. The lowest BCUT2D eigenvalue weighted by molar-refractivity contribution is -0.149. The Bertz CT molecular complexity index is 1330. The number of esters is 1. The highest BCUT2D eigenvalue weighted by atomic mass is 32.2. The van der Waals surface area contributed by atoms with E-state index >= 15 is 0 Å². The predicted molar refractivity (Wildman–Crippen MR) is 165 cm³/mol. The number of carbonyl (C=O) groups is 1. The van der Waals surface area contributed by atoms with Gasteiger partial charge in [0.2, 0.25) is 0 Å². The summed E-state index contributed by atoms with van der Waals surface area (Å²) < 4.78 is 13.0. The van der Waals surface area contributed by atoms with Crippen molar-refractivity contribution in [3.63, 3.8) is 0 Å². The van der Waals surface area contributed by atoms with Gasteiger partial charge in [-0.3, -0.25) is 4.79 Å².